The summed E-state index contributed by atoms with van der Waals surface area (Å²) >= 11 is 0. The second-order valence-electron chi connectivity index (χ2n) is 2.51. The average Bonchev–Trinajstić information content (AvgIpc) is 2.41. The molecule has 1 aliphatic heterocycles. The Labute approximate surface area is 62.3 Å². The second-order valence-corrected chi connectivity index (χ2v) is 2.51. The molecule has 55 valence electrons. The Morgan fingerprint density at radius 2 is 2.30 bits per heavy atom. The molecule has 0 unspecified atom stereocenters. The molecule has 0 bridgehead atoms. The van der Waals surface area contributed by atoms with Crippen LogP contribution in [0.1, 0.15) is 26.2 Å². The lowest BCUT2D eigenvalue weighted by Crippen LogP contribution is -2.14. The van der Waals surface area contributed by atoms with Crippen molar-refractivity contribution in [1.29, 1.82) is 0 Å². The van der Waals surface area contributed by atoms with Gasteiger partial charge in [0.05, 0.1) is 6.54 Å². The lowest BCUT2D eigenvalue weighted by atomic mass is 10.2. The first kappa shape index (κ1) is 7.32. The molecule has 0 atom stereocenters. The normalized spacial score (nSPS) is 15.1. The lowest BCUT2D eigenvalue weighted by Gasteiger charge is -2.00. The van der Waals surface area contributed by atoms with Gasteiger partial charge < -0.3 is 0 Å². The quantitative estimate of drug-likeness (QED) is 0.536. The molecule has 0 aromatic rings. The molecular weight excluding hydrogens is 124 g/mol. The highest BCUT2D eigenvalue weighted by molar-refractivity contribution is 5.58. The van der Waals surface area contributed by atoms with E-state index >= 15 is 0 Å². The Bertz CT molecular complexity index is 126. The first-order valence-corrected chi connectivity index (χ1v) is 3.89. The largest absolute Gasteiger partial charge is 0.286 e. The molecule has 0 fully saturated rings. The molecule has 1 heterocycles. The van der Waals surface area contributed by atoms with E-state index in [4.69, 9.17) is 0 Å². The molecule has 0 aromatic heterocycles. The standard InChI is InChI=1S/C8H14N2/c1-2-3-4-6-10-7-5-9-8-10/h5,7-8H,2-4,6H2,1H3/q+1. The topological polar surface area (TPSA) is 17.3 Å². The van der Waals surface area contributed by atoms with Crippen LogP contribution in [0.25, 0.3) is 0 Å². The molecule has 0 aromatic carbocycles. The molecule has 0 saturated heterocycles. The van der Waals surface area contributed by atoms with E-state index in [1.54, 1.807) is 0 Å². The van der Waals surface area contributed by atoms with Gasteiger partial charge in [0.1, 0.15) is 6.20 Å². The minimum absolute atomic E-state index is 1.12. The van der Waals surface area contributed by atoms with Gasteiger partial charge in [0.25, 0.3) is 6.34 Å². The minimum atomic E-state index is 1.12. The minimum Gasteiger partial charge on any atom is -0.233 e. The van der Waals surface area contributed by atoms with Crippen LogP contribution in [-0.2, 0) is 0 Å². The molecular formula is C8H14N2+. The van der Waals surface area contributed by atoms with Crippen LogP contribution in [0.5, 0.6) is 0 Å². The zero-order valence-electron chi connectivity index (χ0n) is 6.45. The molecule has 2 nitrogen and oxygen atoms in total. The van der Waals surface area contributed by atoms with E-state index in [2.05, 4.69) is 16.8 Å². The third-order valence-corrected chi connectivity index (χ3v) is 1.58. The van der Waals surface area contributed by atoms with Crippen molar-refractivity contribution in [2.45, 2.75) is 26.2 Å². The summed E-state index contributed by atoms with van der Waals surface area (Å²) in [4.78, 5) is 6.08. The fourth-order valence-corrected chi connectivity index (χ4v) is 0.963. The van der Waals surface area contributed by atoms with E-state index in [0.717, 1.165) is 6.54 Å². The van der Waals surface area contributed by atoms with E-state index in [9.17, 15) is 0 Å². The third kappa shape index (κ3) is 2.21. The van der Waals surface area contributed by atoms with Crippen LogP contribution in [0.3, 0.4) is 0 Å². The summed E-state index contributed by atoms with van der Waals surface area (Å²) in [5.74, 6) is 0. The maximum Gasteiger partial charge on any atom is 0.286 e. The smallest absolute Gasteiger partial charge is 0.233 e. The van der Waals surface area contributed by atoms with Crippen LogP contribution in [0.2, 0.25) is 0 Å². The van der Waals surface area contributed by atoms with Gasteiger partial charge in [0, 0.05) is 0 Å². The molecule has 10 heavy (non-hydrogen) atoms. The summed E-state index contributed by atoms with van der Waals surface area (Å²) in [6.07, 6.45) is 9.58. The van der Waals surface area contributed by atoms with Gasteiger partial charge in [-0.25, -0.2) is 4.90 Å². The first-order chi connectivity index (χ1) is 4.93. The SMILES string of the molecule is CCCCCN1C=C[N+]=C1. The monoisotopic (exact) mass is 138 g/mol. The number of hydrogen-bond acceptors (Lipinski definition) is 2. The molecule has 2 heteroatoms. The van der Waals surface area contributed by atoms with E-state index in [1.165, 1.54) is 19.3 Å². The summed E-state index contributed by atoms with van der Waals surface area (Å²) in [5.41, 5.74) is 0. The average molecular weight is 138 g/mol. The number of unbranched alkanes of at least 4 members (excludes halogenated alkanes) is 2. The molecule has 1 radical (unpaired) electrons. The van der Waals surface area contributed by atoms with Crippen LogP contribution in [0.15, 0.2) is 12.4 Å². The van der Waals surface area contributed by atoms with Crippen molar-refractivity contribution in [1.82, 2.24) is 9.89 Å². The van der Waals surface area contributed by atoms with Crippen molar-refractivity contribution in [3.8, 4) is 0 Å². The van der Waals surface area contributed by atoms with E-state index in [0.29, 0.717) is 0 Å². The number of nitrogens with zero attached hydrogens (tertiary/aromatic N) is 2. The van der Waals surface area contributed by atoms with Gasteiger partial charge in [-0.2, -0.15) is 0 Å². The van der Waals surface area contributed by atoms with Crippen LogP contribution < -0.4 is 4.99 Å². The number of rotatable bonds is 4. The maximum atomic E-state index is 3.96. The molecule has 1 aliphatic rings. The van der Waals surface area contributed by atoms with Crippen molar-refractivity contribution >= 4 is 6.34 Å². The van der Waals surface area contributed by atoms with Crippen molar-refractivity contribution < 1.29 is 0 Å². The predicted molar refractivity (Wildman–Crippen MR) is 43.6 cm³/mol. The molecule has 0 N–H and O–H groups in total. The van der Waals surface area contributed by atoms with Crippen molar-refractivity contribution in [2.75, 3.05) is 6.54 Å². The molecule has 0 saturated carbocycles. The fraction of sp³-hybridized carbons (Fsp3) is 0.625. The van der Waals surface area contributed by atoms with Gasteiger partial charge >= 0.3 is 0 Å². The Morgan fingerprint density at radius 1 is 1.40 bits per heavy atom. The van der Waals surface area contributed by atoms with Gasteiger partial charge in [0.15, 0.2) is 6.20 Å². The van der Waals surface area contributed by atoms with Crippen LogP contribution >= 0.6 is 0 Å². The first-order valence-electron chi connectivity index (χ1n) is 3.89. The maximum absolute atomic E-state index is 3.96. The predicted octanol–water partition coefficient (Wildman–Crippen LogP) is 1.33. The van der Waals surface area contributed by atoms with Crippen LogP contribution in [0, 0.1) is 0 Å². The summed E-state index contributed by atoms with van der Waals surface area (Å²) < 4.78 is 0. The zero-order chi connectivity index (χ0) is 7.23. The van der Waals surface area contributed by atoms with Gasteiger partial charge in [-0.15, -0.1) is 0 Å². The van der Waals surface area contributed by atoms with Gasteiger partial charge in [-0.1, -0.05) is 18.3 Å². The second kappa shape index (κ2) is 4.09. The van der Waals surface area contributed by atoms with Crippen molar-refractivity contribution in [3.63, 3.8) is 0 Å². The third-order valence-electron chi connectivity index (χ3n) is 1.58. The Balaban J connectivity index is 2.03. The molecule has 0 aliphatic carbocycles. The highest BCUT2D eigenvalue weighted by Gasteiger charge is 2.06. The fourth-order valence-electron chi connectivity index (χ4n) is 0.963. The molecule has 1 rings (SSSR count). The van der Waals surface area contributed by atoms with Crippen molar-refractivity contribution in [2.24, 2.45) is 0 Å². The molecule has 0 spiro atoms. The van der Waals surface area contributed by atoms with E-state index < -0.39 is 0 Å². The lowest BCUT2D eigenvalue weighted by molar-refractivity contribution is 0.533. The molecule has 0 amide bonds. The van der Waals surface area contributed by atoms with Gasteiger partial charge in [-0.3, -0.25) is 0 Å². The summed E-state index contributed by atoms with van der Waals surface area (Å²) in [6, 6.07) is 0. The number of hydrogen-bond donors (Lipinski definition) is 0. The summed E-state index contributed by atoms with van der Waals surface area (Å²) in [7, 11) is 0. The highest BCUT2D eigenvalue weighted by Crippen LogP contribution is 1.97. The van der Waals surface area contributed by atoms with Crippen LogP contribution in [-0.4, -0.2) is 17.8 Å². The number of aliphatic imine (C=N–C) groups is 1. The Hall–Kier alpha value is -0.790. The summed E-state index contributed by atoms with van der Waals surface area (Å²) in [5, 5.41) is 0. The summed E-state index contributed by atoms with van der Waals surface area (Å²) in [6.45, 7) is 3.34. The zero-order valence-corrected chi connectivity index (χ0v) is 6.45. The van der Waals surface area contributed by atoms with E-state index in [-0.39, 0.29) is 0 Å². The van der Waals surface area contributed by atoms with Gasteiger partial charge in [0.2, 0.25) is 0 Å². The Kier molecular flexibility index (Phi) is 3.00. The van der Waals surface area contributed by atoms with E-state index in [1.807, 2.05) is 18.7 Å². The van der Waals surface area contributed by atoms with Crippen LogP contribution in [0.4, 0.5) is 0 Å². The van der Waals surface area contributed by atoms with Crippen molar-refractivity contribution in [3.05, 3.63) is 12.4 Å². The highest BCUT2D eigenvalue weighted by atomic mass is 15.2. The van der Waals surface area contributed by atoms with Gasteiger partial charge in [-0.05, 0) is 12.8 Å². The Morgan fingerprint density at radius 3 is 2.90 bits per heavy atom.